The molecule has 1 aliphatic heterocycles. The van der Waals surface area contributed by atoms with Crippen molar-refractivity contribution in [1.29, 1.82) is 0 Å². The molecule has 1 aromatic carbocycles. The summed E-state index contributed by atoms with van der Waals surface area (Å²) in [5.41, 5.74) is 0.839. The van der Waals surface area contributed by atoms with Crippen LogP contribution in [0.5, 0.6) is 0 Å². The number of ether oxygens (including phenoxy) is 2. The van der Waals surface area contributed by atoms with Crippen molar-refractivity contribution in [2.24, 2.45) is 0 Å². The van der Waals surface area contributed by atoms with Gasteiger partial charge in [-0.3, -0.25) is 4.18 Å². The first-order valence-corrected chi connectivity index (χ1v) is 9.63. The number of rotatable bonds is 7. The normalized spacial score (nSPS) is 24.6. The maximum Gasteiger partial charge on any atom is 0.373 e. The average molecular weight is 418 g/mol. The van der Waals surface area contributed by atoms with Crippen LogP contribution in [0.3, 0.4) is 0 Å². The lowest BCUT2D eigenvalue weighted by molar-refractivity contribution is -0.165. The molecule has 28 heavy (non-hydrogen) atoms. The van der Waals surface area contributed by atoms with Crippen LogP contribution in [-0.4, -0.2) is 79.0 Å². The minimum absolute atomic E-state index is 0.139. The molecule has 0 fully saturated rings. The van der Waals surface area contributed by atoms with Crippen LogP contribution in [0, 0.1) is 6.92 Å². The Morgan fingerprint density at radius 1 is 1.21 bits per heavy atom. The van der Waals surface area contributed by atoms with Gasteiger partial charge in [0.2, 0.25) is 5.76 Å². The Balaban J connectivity index is 2.05. The molecule has 0 saturated heterocycles. The zero-order valence-corrected chi connectivity index (χ0v) is 15.9. The van der Waals surface area contributed by atoms with Crippen molar-refractivity contribution in [1.82, 2.24) is 0 Å². The summed E-state index contributed by atoms with van der Waals surface area (Å²) in [4.78, 5) is 11.4. The highest BCUT2D eigenvalue weighted by atomic mass is 32.2. The number of esters is 1. The van der Waals surface area contributed by atoms with Crippen LogP contribution in [0.15, 0.2) is 41.0 Å². The molecule has 10 nitrogen and oxygen atoms in total. The van der Waals surface area contributed by atoms with Crippen LogP contribution in [0.2, 0.25) is 0 Å². The first-order chi connectivity index (χ1) is 13.1. The summed E-state index contributed by atoms with van der Waals surface area (Å²) < 4.78 is 38.6. The monoisotopic (exact) mass is 418 g/mol. The van der Waals surface area contributed by atoms with Crippen LogP contribution in [0.1, 0.15) is 5.56 Å². The summed E-state index contributed by atoms with van der Waals surface area (Å²) in [5.74, 6) is -1.43. The lowest BCUT2D eigenvalue weighted by Crippen LogP contribution is -2.53. The van der Waals surface area contributed by atoms with Gasteiger partial charge in [0.1, 0.15) is 24.4 Å². The predicted octanol–water partition coefficient (Wildman–Crippen LogP) is -1.40. The van der Waals surface area contributed by atoms with E-state index in [-0.39, 0.29) is 4.90 Å². The molecular formula is C17H22O10S. The fourth-order valence-corrected chi connectivity index (χ4v) is 3.37. The van der Waals surface area contributed by atoms with E-state index in [4.69, 9.17) is 8.92 Å². The SMILES string of the molecule is COC(=O)C1=C[C@H](O)[C@@H](O)[C@H]([C@H](O)[C@H](O)COS(=O)(=O)c2ccc(C)cc2)O1. The second kappa shape index (κ2) is 8.99. The first-order valence-electron chi connectivity index (χ1n) is 8.22. The van der Waals surface area contributed by atoms with Gasteiger partial charge in [0, 0.05) is 0 Å². The largest absolute Gasteiger partial charge is 0.478 e. The number of carbonyl (C=O) groups is 1. The summed E-state index contributed by atoms with van der Waals surface area (Å²) in [6, 6.07) is 5.78. The van der Waals surface area contributed by atoms with Crippen molar-refractivity contribution in [3.63, 3.8) is 0 Å². The lowest BCUT2D eigenvalue weighted by atomic mass is 9.96. The van der Waals surface area contributed by atoms with Crippen LogP contribution >= 0.6 is 0 Å². The van der Waals surface area contributed by atoms with E-state index in [2.05, 4.69) is 4.74 Å². The van der Waals surface area contributed by atoms with Gasteiger partial charge in [-0.1, -0.05) is 17.7 Å². The van der Waals surface area contributed by atoms with Crippen LogP contribution < -0.4 is 0 Å². The third-order valence-electron chi connectivity index (χ3n) is 4.09. The van der Waals surface area contributed by atoms with Gasteiger partial charge in [-0.2, -0.15) is 8.42 Å². The topological polar surface area (TPSA) is 160 Å². The van der Waals surface area contributed by atoms with Crippen molar-refractivity contribution in [2.45, 2.75) is 42.3 Å². The number of benzene rings is 1. The van der Waals surface area contributed by atoms with E-state index >= 15 is 0 Å². The van der Waals surface area contributed by atoms with Crippen molar-refractivity contribution in [3.05, 3.63) is 41.7 Å². The Bertz CT molecular complexity index is 817. The third kappa shape index (κ3) is 5.07. The average Bonchev–Trinajstić information content (AvgIpc) is 2.67. The molecular weight excluding hydrogens is 396 g/mol. The second-order valence-electron chi connectivity index (χ2n) is 6.20. The van der Waals surface area contributed by atoms with Crippen LogP contribution in [-0.2, 0) is 28.6 Å². The highest BCUT2D eigenvalue weighted by molar-refractivity contribution is 7.86. The van der Waals surface area contributed by atoms with E-state index < -0.39 is 59.0 Å². The van der Waals surface area contributed by atoms with E-state index in [0.717, 1.165) is 18.7 Å². The molecule has 0 bridgehead atoms. The molecule has 0 aromatic heterocycles. The molecule has 4 N–H and O–H groups in total. The highest BCUT2D eigenvalue weighted by Gasteiger charge is 2.42. The van der Waals surface area contributed by atoms with Crippen molar-refractivity contribution in [3.8, 4) is 0 Å². The number of hydrogen-bond acceptors (Lipinski definition) is 10. The summed E-state index contributed by atoms with van der Waals surface area (Å²) in [6.07, 6.45) is -7.70. The number of aliphatic hydroxyl groups excluding tert-OH is 4. The van der Waals surface area contributed by atoms with Gasteiger partial charge in [0.05, 0.1) is 18.6 Å². The van der Waals surface area contributed by atoms with E-state index in [1.54, 1.807) is 19.1 Å². The van der Waals surface area contributed by atoms with E-state index in [1.807, 2.05) is 0 Å². The molecule has 0 aliphatic carbocycles. The molecule has 11 heteroatoms. The third-order valence-corrected chi connectivity index (χ3v) is 5.39. The number of carbonyl (C=O) groups excluding carboxylic acids is 1. The van der Waals surface area contributed by atoms with Gasteiger partial charge in [0.25, 0.3) is 10.1 Å². The Morgan fingerprint density at radius 3 is 2.39 bits per heavy atom. The summed E-state index contributed by atoms with van der Waals surface area (Å²) in [7, 11) is -3.13. The van der Waals surface area contributed by atoms with Gasteiger partial charge in [-0.05, 0) is 25.1 Å². The van der Waals surface area contributed by atoms with Gasteiger partial charge in [-0.15, -0.1) is 0 Å². The highest BCUT2D eigenvalue weighted by Crippen LogP contribution is 2.24. The number of aryl methyl sites for hydroxylation is 1. The zero-order valence-electron chi connectivity index (χ0n) is 15.1. The van der Waals surface area contributed by atoms with Gasteiger partial charge >= 0.3 is 5.97 Å². The molecule has 156 valence electrons. The van der Waals surface area contributed by atoms with Gasteiger partial charge < -0.3 is 29.9 Å². The number of methoxy groups -OCH3 is 1. The Labute approximate surface area is 161 Å². The lowest BCUT2D eigenvalue weighted by Gasteiger charge is -2.35. The summed E-state index contributed by atoms with van der Waals surface area (Å²) >= 11 is 0. The first kappa shape index (κ1) is 22.3. The van der Waals surface area contributed by atoms with Gasteiger partial charge in [0.15, 0.2) is 6.10 Å². The minimum atomic E-state index is -4.20. The van der Waals surface area contributed by atoms with Crippen LogP contribution in [0.25, 0.3) is 0 Å². The molecule has 0 saturated carbocycles. The fraction of sp³-hybridized carbons (Fsp3) is 0.471. The molecule has 0 amide bonds. The van der Waals surface area contributed by atoms with Crippen molar-refractivity contribution in [2.75, 3.05) is 13.7 Å². The molecule has 0 unspecified atom stereocenters. The standard InChI is InChI=1S/C17H22O10S/c1-9-3-5-10(6-4-9)28(23,24)26-8-12(19)15(21)16-14(20)11(18)7-13(27-16)17(22)25-2/h3-7,11-12,14-16,18-21H,8H2,1-2H3/t11-,12+,14+,15+,16+/m0/s1. The molecule has 0 spiro atoms. The van der Waals surface area contributed by atoms with E-state index in [9.17, 15) is 33.6 Å². The van der Waals surface area contributed by atoms with Crippen LogP contribution in [0.4, 0.5) is 0 Å². The Hall–Kier alpha value is -2.02. The summed E-state index contributed by atoms with van der Waals surface area (Å²) in [5, 5.41) is 40.0. The van der Waals surface area contributed by atoms with Gasteiger partial charge in [-0.25, -0.2) is 4.79 Å². The molecule has 1 aromatic rings. The molecule has 2 rings (SSSR count). The van der Waals surface area contributed by atoms with E-state index in [1.165, 1.54) is 12.1 Å². The Morgan fingerprint density at radius 2 is 1.82 bits per heavy atom. The Kier molecular flexibility index (Phi) is 7.15. The minimum Gasteiger partial charge on any atom is -0.478 e. The quantitative estimate of drug-likeness (QED) is 0.306. The van der Waals surface area contributed by atoms with Crippen molar-refractivity contribution < 1.29 is 47.3 Å². The fourth-order valence-electron chi connectivity index (χ4n) is 2.44. The maximum atomic E-state index is 12.1. The smallest absolute Gasteiger partial charge is 0.373 e. The van der Waals surface area contributed by atoms with Crippen molar-refractivity contribution >= 4 is 16.1 Å². The second-order valence-corrected chi connectivity index (χ2v) is 7.81. The number of aliphatic hydroxyl groups is 4. The van der Waals surface area contributed by atoms with E-state index in [0.29, 0.717) is 0 Å². The molecule has 1 aliphatic rings. The maximum absolute atomic E-state index is 12.1. The molecule has 0 radical (unpaired) electrons. The molecule has 5 atom stereocenters. The zero-order chi connectivity index (χ0) is 21.1. The number of hydrogen-bond donors (Lipinski definition) is 4. The summed E-state index contributed by atoms with van der Waals surface area (Å²) in [6.45, 7) is 0.926. The molecule has 1 heterocycles. The predicted molar refractivity (Wildman–Crippen MR) is 93.3 cm³/mol.